The van der Waals surface area contributed by atoms with Crippen molar-refractivity contribution in [1.82, 2.24) is 14.5 Å². The zero-order valence-corrected chi connectivity index (χ0v) is 30.9. The second-order valence-electron chi connectivity index (χ2n) is 15.0. The van der Waals surface area contributed by atoms with E-state index in [1.165, 1.54) is 87.6 Å². The van der Waals surface area contributed by atoms with Gasteiger partial charge < -0.3 is 4.57 Å². The van der Waals surface area contributed by atoms with Gasteiger partial charge in [-0.25, -0.2) is 0 Å². The van der Waals surface area contributed by atoms with Crippen molar-refractivity contribution < 1.29 is 0 Å². The van der Waals surface area contributed by atoms with Gasteiger partial charge in [0.25, 0.3) is 0 Å². The molecule has 10 aromatic carbocycles. The Morgan fingerprint density at radius 1 is 0.281 bits per heavy atom. The Labute approximate surface area is 328 Å². The van der Waals surface area contributed by atoms with Crippen LogP contribution in [0.5, 0.6) is 0 Å². The number of fused-ring (bicyclic) bond motifs is 11. The van der Waals surface area contributed by atoms with Crippen LogP contribution < -0.4 is 0 Å². The molecule has 0 atom stereocenters. The van der Waals surface area contributed by atoms with Crippen molar-refractivity contribution in [2.45, 2.75) is 0 Å². The zero-order valence-electron chi connectivity index (χ0n) is 30.9. The molecule has 3 heteroatoms. The molecule has 0 saturated heterocycles. The maximum Gasteiger partial charge on any atom is 0.0971 e. The van der Waals surface area contributed by atoms with Gasteiger partial charge in [0.05, 0.1) is 22.1 Å². The Hall–Kier alpha value is -7.62. The highest BCUT2D eigenvalue weighted by atomic mass is 15.0. The standard InChI is InChI=1S/C54H33N3/c1-2-13-49-45(10-1)46-25-23-43(33-50(46)54-53(49)55-26-27-56-54)35-9-7-8-34(28-35)36-16-17-38-30-39(19-18-37(38)29-36)40-20-21-42-32-44(24-22-41(42)31-40)57-51-14-5-3-11-47(51)48-12-4-6-15-52(48)57/h1-33H. The highest BCUT2D eigenvalue weighted by Crippen LogP contribution is 2.38. The van der Waals surface area contributed by atoms with Crippen LogP contribution in [-0.4, -0.2) is 14.5 Å². The fourth-order valence-corrected chi connectivity index (χ4v) is 9.05. The molecule has 0 amide bonds. The van der Waals surface area contributed by atoms with Crippen LogP contribution in [0.1, 0.15) is 0 Å². The van der Waals surface area contributed by atoms with E-state index in [9.17, 15) is 0 Å². The lowest BCUT2D eigenvalue weighted by atomic mass is 9.93. The molecule has 0 spiro atoms. The first-order valence-electron chi connectivity index (χ1n) is 19.5. The summed E-state index contributed by atoms with van der Waals surface area (Å²) in [4.78, 5) is 9.53. The van der Waals surface area contributed by atoms with Crippen LogP contribution in [0.4, 0.5) is 0 Å². The lowest BCUT2D eigenvalue weighted by Crippen LogP contribution is -1.93. The SMILES string of the molecule is c1cc(-c2ccc3cc(-c4ccc5cc(-n6c7ccccc7c7ccccc76)ccc5c4)ccc3c2)cc(-c2ccc3c4ccccc4c4nccnc4c3c2)c1. The first kappa shape index (κ1) is 31.7. The monoisotopic (exact) mass is 723 g/mol. The van der Waals surface area contributed by atoms with E-state index >= 15 is 0 Å². The zero-order chi connectivity index (χ0) is 37.5. The summed E-state index contributed by atoms with van der Waals surface area (Å²) in [6.45, 7) is 0. The maximum absolute atomic E-state index is 4.79. The van der Waals surface area contributed by atoms with E-state index < -0.39 is 0 Å². The van der Waals surface area contributed by atoms with E-state index in [4.69, 9.17) is 9.97 Å². The molecule has 264 valence electrons. The second kappa shape index (κ2) is 12.5. The van der Waals surface area contributed by atoms with Gasteiger partial charge in [-0.2, -0.15) is 0 Å². The van der Waals surface area contributed by atoms with Gasteiger partial charge in [0, 0.05) is 39.6 Å². The second-order valence-corrected chi connectivity index (χ2v) is 15.0. The molecule has 12 rings (SSSR count). The Bertz CT molecular complexity index is 3510. The van der Waals surface area contributed by atoms with Crippen LogP contribution >= 0.6 is 0 Å². The first-order chi connectivity index (χ1) is 28.2. The molecule has 0 aliphatic rings. The van der Waals surface area contributed by atoms with Crippen molar-refractivity contribution >= 4 is 75.9 Å². The molecule has 2 heterocycles. The number of benzene rings is 10. The summed E-state index contributed by atoms with van der Waals surface area (Å²) in [5.74, 6) is 0. The molecular formula is C54H33N3. The molecule has 2 aromatic heterocycles. The molecule has 0 bridgehead atoms. The molecule has 3 nitrogen and oxygen atoms in total. The van der Waals surface area contributed by atoms with Gasteiger partial charge >= 0.3 is 0 Å². The van der Waals surface area contributed by atoms with E-state index in [-0.39, 0.29) is 0 Å². The Balaban J connectivity index is 0.868. The minimum atomic E-state index is 0.937. The Morgan fingerprint density at radius 3 is 1.33 bits per heavy atom. The fourth-order valence-electron chi connectivity index (χ4n) is 9.05. The molecule has 0 aliphatic heterocycles. The molecule has 0 aliphatic carbocycles. The van der Waals surface area contributed by atoms with Gasteiger partial charge in [-0.15, -0.1) is 0 Å². The summed E-state index contributed by atoms with van der Waals surface area (Å²) in [6, 6.07) is 68.7. The van der Waals surface area contributed by atoms with Crippen LogP contribution in [0, 0.1) is 0 Å². The van der Waals surface area contributed by atoms with E-state index in [1.54, 1.807) is 12.4 Å². The molecule has 0 N–H and O–H groups in total. The minimum absolute atomic E-state index is 0.937. The average molecular weight is 724 g/mol. The van der Waals surface area contributed by atoms with Crippen molar-refractivity contribution in [2.24, 2.45) is 0 Å². The Kier molecular flexibility index (Phi) is 6.93. The third-order valence-corrected chi connectivity index (χ3v) is 11.8. The summed E-state index contributed by atoms with van der Waals surface area (Å²) in [7, 11) is 0. The third kappa shape index (κ3) is 5.06. The van der Waals surface area contributed by atoms with E-state index in [1.807, 2.05) is 0 Å². The van der Waals surface area contributed by atoms with Crippen LogP contribution in [-0.2, 0) is 0 Å². The largest absolute Gasteiger partial charge is 0.309 e. The minimum Gasteiger partial charge on any atom is -0.309 e. The molecule has 57 heavy (non-hydrogen) atoms. The maximum atomic E-state index is 4.79. The quantitative estimate of drug-likeness (QED) is 0.169. The predicted octanol–water partition coefficient (Wildman–Crippen LogP) is 14.3. The summed E-state index contributed by atoms with van der Waals surface area (Å²) in [5, 5.41) is 12.1. The summed E-state index contributed by atoms with van der Waals surface area (Å²) in [5.41, 5.74) is 12.7. The number of hydrogen-bond acceptors (Lipinski definition) is 2. The highest BCUT2D eigenvalue weighted by Gasteiger charge is 2.14. The van der Waals surface area contributed by atoms with E-state index in [2.05, 4.69) is 193 Å². The van der Waals surface area contributed by atoms with Crippen LogP contribution in [0.2, 0.25) is 0 Å². The van der Waals surface area contributed by atoms with Crippen LogP contribution in [0.3, 0.4) is 0 Å². The number of nitrogens with zero attached hydrogens (tertiary/aromatic N) is 3. The average Bonchev–Trinajstić information content (AvgIpc) is 3.63. The molecule has 12 aromatic rings. The molecule has 0 radical (unpaired) electrons. The number of para-hydroxylation sites is 2. The van der Waals surface area contributed by atoms with Gasteiger partial charge in [-0.1, -0.05) is 133 Å². The summed E-state index contributed by atoms with van der Waals surface area (Å²) >= 11 is 0. The van der Waals surface area contributed by atoms with Crippen LogP contribution in [0.25, 0.3) is 115 Å². The van der Waals surface area contributed by atoms with Gasteiger partial charge in [-0.3, -0.25) is 9.97 Å². The predicted molar refractivity (Wildman–Crippen MR) is 240 cm³/mol. The number of aromatic nitrogens is 3. The lowest BCUT2D eigenvalue weighted by molar-refractivity contribution is 1.19. The number of hydrogen-bond donors (Lipinski definition) is 0. The Morgan fingerprint density at radius 2 is 0.719 bits per heavy atom. The number of rotatable bonds is 4. The van der Waals surface area contributed by atoms with Gasteiger partial charge in [0.15, 0.2) is 0 Å². The molecule has 0 fully saturated rings. The van der Waals surface area contributed by atoms with Gasteiger partial charge in [0.1, 0.15) is 0 Å². The summed E-state index contributed by atoms with van der Waals surface area (Å²) < 4.78 is 2.38. The highest BCUT2D eigenvalue weighted by molar-refractivity contribution is 6.23. The van der Waals surface area contributed by atoms with Crippen molar-refractivity contribution in [3.8, 4) is 39.1 Å². The summed E-state index contributed by atoms with van der Waals surface area (Å²) in [6.07, 6.45) is 3.57. The van der Waals surface area contributed by atoms with Gasteiger partial charge in [0.2, 0.25) is 0 Å². The smallest absolute Gasteiger partial charge is 0.0971 e. The lowest BCUT2D eigenvalue weighted by Gasteiger charge is -2.12. The van der Waals surface area contributed by atoms with Crippen molar-refractivity contribution in [3.63, 3.8) is 0 Å². The van der Waals surface area contributed by atoms with Crippen molar-refractivity contribution in [2.75, 3.05) is 0 Å². The molecule has 0 saturated carbocycles. The van der Waals surface area contributed by atoms with Crippen molar-refractivity contribution in [3.05, 3.63) is 200 Å². The van der Waals surface area contributed by atoms with E-state index in [0.717, 1.165) is 27.4 Å². The fraction of sp³-hybridized carbons (Fsp3) is 0. The normalized spacial score (nSPS) is 11.9. The third-order valence-electron chi connectivity index (χ3n) is 11.8. The first-order valence-corrected chi connectivity index (χ1v) is 19.5. The van der Waals surface area contributed by atoms with Crippen molar-refractivity contribution in [1.29, 1.82) is 0 Å². The topological polar surface area (TPSA) is 30.7 Å². The van der Waals surface area contributed by atoms with Crippen LogP contribution in [0.15, 0.2) is 200 Å². The van der Waals surface area contributed by atoms with E-state index in [0.29, 0.717) is 0 Å². The molecular weight excluding hydrogens is 691 g/mol. The van der Waals surface area contributed by atoms with Gasteiger partial charge in [-0.05, 0) is 120 Å². The molecule has 0 unspecified atom stereocenters.